The fraction of sp³-hybridized carbons (Fsp3) is 0.250. The van der Waals surface area contributed by atoms with Gasteiger partial charge in [-0.2, -0.15) is 0 Å². The summed E-state index contributed by atoms with van der Waals surface area (Å²) in [6, 6.07) is 21.3. The summed E-state index contributed by atoms with van der Waals surface area (Å²) in [6.07, 6.45) is 0.994. The van der Waals surface area contributed by atoms with Crippen LogP contribution < -0.4 is 10.2 Å². The first-order valence-electron chi connectivity index (χ1n) is 12.4. The number of para-hydroxylation sites is 3. The van der Waals surface area contributed by atoms with Gasteiger partial charge >= 0.3 is 7.60 Å². The van der Waals surface area contributed by atoms with Crippen LogP contribution in [0.4, 0.5) is 5.69 Å². The number of amides is 1. The number of carbonyl (C=O) groups excluding carboxylic acids is 1. The average Bonchev–Trinajstić information content (AvgIpc) is 3.37. The minimum Gasteiger partial charge on any atom is -0.390 e. The summed E-state index contributed by atoms with van der Waals surface area (Å²) in [5, 5.41) is 4.11. The summed E-state index contributed by atoms with van der Waals surface area (Å²) < 4.78 is 13.6. The van der Waals surface area contributed by atoms with E-state index in [4.69, 9.17) is 9.82 Å². The first-order valence-corrected chi connectivity index (χ1v) is 14.0. The van der Waals surface area contributed by atoms with Crippen molar-refractivity contribution in [2.75, 3.05) is 4.90 Å². The van der Waals surface area contributed by atoms with Crippen molar-refractivity contribution in [2.45, 2.75) is 40.0 Å². The molecule has 1 aliphatic heterocycles. The Labute approximate surface area is 220 Å². The topological polar surface area (TPSA) is 117 Å². The summed E-state index contributed by atoms with van der Waals surface area (Å²) in [5.74, 6) is 1.06. The Morgan fingerprint density at radius 1 is 1.00 bits per heavy atom. The molecule has 3 aromatic carbocycles. The molecule has 2 N–H and O–H groups in total. The van der Waals surface area contributed by atoms with Crippen molar-refractivity contribution in [1.82, 2.24) is 9.55 Å². The second kappa shape index (κ2) is 10.5. The molecule has 10 heteroatoms. The number of fused-ring (bicyclic) bond motifs is 2. The van der Waals surface area contributed by atoms with E-state index in [1.54, 1.807) is 17.0 Å². The molecule has 0 unspecified atom stereocenters. The molecule has 38 heavy (non-hydrogen) atoms. The van der Waals surface area contributed by atoms with Crippen molar-refractivity contribution in [3.05, 3.63) is 89.7 Å². The third-order valence-electron chi connectivity index (χ3n) is 6.52. The molecule has 5 rings (SSSR count). The second-order valence-corrected chi connectivity index (χ2v) is 11.3. The van der Waals surface area contributed by atoms with Crippen LogP contribution in [0.3, 0.4) is 0 Å². The summed E-state index contributed by atoms with van der Waals surface area (Å²) in [6.45, 7) is 5.53. The zero-order chi connectivity index (χ0) is 26.9. The minimum atomic E-state index is -4.31. The van der Waals surface area contributed by atoms with Gasteiger partial charge in [-0.1, -0.05) is 61.5 Å². The second-order valence-electron chi connectivity index (χ2n) is 9.68. The molecule has 1 amide bonds. The van der Waals surface area contributed by atoms with Gasteiger partial charge in [-0.25, -0.2) is 4.98 Å². The highest BCUT2D eigenvalue weighted by Gasteiger charge is 2.35. The molecule has 0 bridgehead atoms. The normalized spacial score (nSPS) is 14.6. The molecule has 4 aromatic rings. The number of rotatable bonds is 9. The predicted octanol–water partition coefficient (Wildman–Crippen LogP) is 4.35. The lowest BCUT2D eigenvalue weighted by atomic mass is 10.1. The van der Waals surface area contributed by atoms with Crippen LogP contribution in [0, 0.1) is 5.92 Å². The van der Waals surface area contributed by atoms with Crippen molar-refractivity contribution in [2.24, 2.45) is 11.1 Å². The van der Waals surface area contributed by atoms with Gasteiger partial charge in [0.15, 0.2) is 5.71 Å². The zero-order valence-corrected chi connectivity index (χ0v) is 22.1. The van der Waals surface area contributed by atoms with Gasteiger partial charge < -0.3 is 19.2 Å². The molecule has 196 valence electrons. The Balaban J connectivity index is 1.39. The van der Waals surface area contributed by atoms with Crippen molar-refractivity contribution in [1.29, 1.82) is 0 Å². The van der Waals surface area contributed by atoms with Gasteiger partial charge in [0.25, 0.3) is 5.91 Å². The maximum atomic E-state index is 13.5. The van der Waals surface area contributed by atoms with Gasteiger partial charge in [0.1, 0.15) is 12.4 Å². The molecule has 0 spiro atoms. The van der Waals surface area contributed by atoms with Crippen LogP contribution >= 0.6 is 7.60 Å². The molecular weight excluding hydrogens is 503 g/mol. The number of hydrogen-bond acceptors (Lipinski definition) is 5. The lowest BCUT2D eigenvalue weighted by Gasteiger charge is -2.18. The highest BCUT2D eigenvalue weighted by atomic mass is 31.2. The smallest absolute Gasteiger partial charge is 0.356 e. The van der Waals surface area contributed by atoms with E-state index in [0.29, 0.717) is 23.6 Å². The Bertz CT molecular complexity index is 1560. The van der Waals surface area contributed by atoms with Gasteiger partial charge in [0, 0.05) is 12.1 Å². The Morgan fingerprint density at radius 2 is 1.71 bits per heavy atom. The number of carbonyl (C=O) groups is 1. The number of oxime groups is 1. The highest BCUT2D eigenvalue weighted by molar-refractivity contribution is 7.60. The third kappa shape index (κ3) is 5.27. The van der Waals surface area contributed by atoms with E-state index < -0.39 is 7.60 Å². The van der Waals surface area contributed by atoms with Crippen LogP contribution in [0.15, 0.2) is 78.0 Å². The molecule has 9 nitrogen and oxygen atoms in total. The number of hydrogen-bond donors (Lipinski definition) is 2. The number of aryl methyl sites for hydroxylation is 1. The molecule has 0 saturated heterocycles. The van der Waals surface area contributed by atoms with E-state index >= 15 is 0 Å². The van der Waals surface area contributed by atoms with Gasteiger partial charge in [-0.15, -0.1) is 0 Å². The van der Waals surface area contributed by atoms with E-state index in [9.17, 15) is 19.1 Å². The summed E-state index contributed by atoms with van der Waals surface area (Å²) in [4.78, 5) is 44.1. The van der Waals surface area contributed by atoms with Gasteiger partial charge in [-0.05, 0) is 48.2 Å². The Kier molecular flexibility index (Phi) is 7.17. The van der Waals surface area contributed by atoms with E-state index in [2.05, 4.69) is 29.6 Å². The number of aromatic nitrogens is 2. The first kappa shape index (κ1) is 25.9. The summed E-state index contributed by atoms with van der Waals surface area (Å²) >= 11 is 0. The molecular formula is C28H29N4O5P. The molecule has 0 aliphatic carbocycles. The molecule has 2 heterocycles. The predicted molar refractivity (Wildman–Crippen MR) is 146 cm³/mol. The minimum absolute atomic E-state index is 0.0470. The van der Waals surface area contributed by atoms with Gasteiger partial charge in [0.05, 0.1) is 28.6 Å². The fourth-order valence-electron chi connectivity index (χ4n) is 4.49. The van der Waals surface area contributed by atoms with Gasteiger partial charge in [0.2, 0.25) is 0 Å². The van der Waals surface area contributed by atoms with Crippen molar-refractivity contribution >= 4 is 41.2 Å². The standard InChI is InChI=1S/C28H29N4O5P/c1-19(2)15-16-31-25-10-6-4-8-23(25)29-26(31)17-32-24-9-5-3-7-22(24)27(28(32)33)30-37-18-20-11-13-21(14-12-20)38(34,35)36/h3-14,19H,15-18H2,1-2H3,(H2,34,35,36). The zero-order valence-electron chi connectivity index (χ0n) is 21.2. The van der Waals surface area contributed by atoms with Crippen molar-refractivity contribution < 1.29 is 24.0 Å². The van der Waals surface area contributed by atoms with Crippen LogP contribution in [0.2, 0.25) is 0 Å². The first-order chi connectivity index (χ1) is 18.2. The van der Waals surface area contributed by atoms with Crippen LogP contribution in [-0.2, 0) is 33.9 Å². The summed E-state index contributed by atoms with van der Waals surface area (Å²) in [5.41, 5.74) is 4.24. The Morgan fingerprint density at radius 3 is 2.45 bits per heavy atom. The summed E-state index contributed by atoms with van der Waals surface area (Å²) in [7, 11) is -4.31. The quantitative estimate of drug-likeness (QED) is 0.245. The van der Waals surface area contributed by atoms with Crippen LogP contribution in [0.5, 0.6) is 0 Å². The largest absolute Gasteiger partial charge is 0.390 e. The van der Waals surface area contributed by atoms with Crippen LogP contribution in [0.25, 0.3) is 11.0 Å². The van der Waals surface area contributed by atoms with Crippen molar-refractivity contribution in [3.8, 4) is 0 Å². The number of benzene rings is 3. The van der Waals surface area contributed by atoms with Gasteiger partial charge in [-0.3, -0.25) is 14.3 Å². The lowest BCUT2D eigenvalue weighted by Crippen LogP contribution is -2.31. The Hall–Kier alpha value is -3.78. The number of anilines is 1. The van der Waals surface area contributed by atoms with E-state index in [-0.39, 0.29) is 23.5 Å². The molecule has 0 radical (unpaired) electrons. The SMILES string of the molecule is CC(C)CCn1c(CN2C(=O)C(=NOCc3ccc(P(=O)(O)O)cc3)c3ccccc32)nc2ccccc21. The van der Waals surface area contributed by atoms with E-state index in [0.717, 1.165) is 35.5 Å². The monoisotopic (exact) mass is 532 g/mol. The van der Waals surface area contributed by atoms with Crippen LogP contribution in [0.1, 0.15) is 37.2 Å². The number of nitrogens with zero attached hydrogens (tertiary/aromatic N) is 4. The third-order valence-corrected chi connectivity index (χ3v) is 7.49. The van der Waals surface area contributed by atoms with Crippen LogP contribution in [-0.4, -0.2) is 31.0 Å². The average molecular weight is 533 g/mol. The maximum absolute atomic E-state index is 13.5. The fourth-order valence-corrected chi connectivity index (χ4v) is 5.03. The molecule has 0 atom stereocenters. The number of imidazole rings is 1. The maximum Gasteiger partial charge on any atom is 0.356 e. The molecule has 1 aromatic heterocycles. The highest BCUT2D eigenvalue weighted by Crippen LogP contribution is 2.33. The van der Waals surface area contributed by atoms with Crippen molar-refractivity contribution in [3.63, 3.8) is 0 Å². The molecule has 0 saturated carbocycles. The molecule has 0 fully saturated rings. The lowest BCUT2D eigenvalue weighted by molar-refractivity contribution is -0.112. The van der Waals surface area contributed by atoms with E-state index in [1.165, 1.54) is 12.1 Å². The molecule has 1 aliphatic rings. The van der Waals surface area contributed by atoms with E-state index in [1.807, 2.05) is 42.5 Å².